The van der Waals surface area contributed by atoms with Gasteiger partial charge in [0.25, 0.3) is 0 Å². The van der Waals surface area contributed by atoms with E-state index in [1.807, 2.05) is 6.07 Å². The smallest absolute Gasteiger partial charge is 0.335 e. The number of ether oxygens (including phenoxy) is 1. The third-order valence-electron chi connectivity index (χ3n) is 6.91. The van der Waals surface area contributed by atoms with Crippen LogP contribution in [0.3, 0.4) is 0 Å². The van der Waals surface area contributed by atoms with E-state index >= 15 is 0 Å². The van der Waals surface area contributed by atoms with Crippen LogP contribution in [0.15, 0.2) is 65.2 Å². The highest BCUT2D eigenvalue weighted by Gasteiger charge is 2.34. The molecule has 1 aromatic heterocycles. The summed E-state index contributed by atoms with van der Waals surface area (Å²) in [7, 11) is 0. The molecule has 1 saturated carbocycles. The first-order valence-corrected chi connectivity index (χ1v) is 13.4. The lowest BCUT2D eigenvalue weighted by Crippen LogP contribution is -2.23. The number of benzene rings is 3. The van der Waals surface area contributed by atoms with Crippen LogP contribution in [-0.2, 0) is 18.4 Å². The number of hydrogen-bond donors (Lipinski definition) is 1. The van der Waals surface area contributed by atoms with Gasteiger partial charge in [0, 0.05) is 16.5 Å². The molecule has 0 bridgehead atoms. The molecule has 4 aromatic rings. The Kier molecular flexibility index (Phi) is 7.59. The fourth-order valence-electron chi connectivity index (χ4n) is 4.55. The second-order valence-corrected chi connectivity index (χ2v) is 11.0. The summed E-state index contributed by atoms with van der Waals surface area (Å²) in [6.45, 7) is 1.95. The predicted octanol–water partition coefficient (Wildman–Crippen LogP) is 8.48. The molecule has 39 heavy (non-hydrogen) atoms. The van der Waals surface area contributed by atoms with Crippen molar-refractivity contribution in [3.05, 3.63) is 104 Å². The third kappa shape index (κ3) is 5.62. The lowest BCUT2D eigenvalue weighted by molar-refractivity contribution is 0.0696. The van der Waals surface area contributed by atoms with E-state index < -0.39 is 11.4 Å². The first kappa shape index (κ1) is 27.1. The summed E-state index contributed by atoms with van der Waals surface area (Å²) < 4.78 is 11.8. The number of nitrogens with zero attached hydrogens (tertiary/aromatic N) is 2. The van der Waals surface area contributed by atoms with Crippen molar-refractivity contribution in [2.75, 3.05) is 0 Å². The third-order valence-corrected chi connectivity index (χ3v) is 7.89. The maximum Gasteiger partial charge on any atom is 0.335 e. The monoisotopic (exact) mass is 580 g/mol. The largest absolute Gasteiger partial charge is 0.489 e. The quantitative estimate of drug-likeness (QED) is 0.213. The number of carboxylic acids is 1. The normalized spacial score (nSPS) is 14.4. The molecule has 0 radical (unpaired) electrons. The van der Waals surface area contributed by atoms with Crippen LogP contribution in [0.5, 0.6) is 5.75 Å². The Balaban J connectivity index is 1.38. The van der Waals surface area contributed by atoms with Crippen molar-refractivity contribution < 1.29 is 19.2 Å². The predicted molar refractivity (Wildman–Crippen MR) is 150 cm³/mol. The van der Waals surface area contributed by atoms with Gasteiger partial charge >= 0.3 is 5.97 Å². The van der Waals surface area contributed by atoms with Gasteiger partial charge in [-0.3, -0.25) is 0 Å². The van der Waals surface area contributed by atoms with Crippen molar-refractivity contribution in [2.24, 2.45) is 0 Å². The zero-order chi connectivity index (χ0) is 27.7. The highest BCUT2D eigenvalue weighted by Crippen LogP contribution is 2.46. The Morgan fingerprint density at radius 2 is 1.82 bits per heavy atom. The molecule has 1 fully saturated rings. The molecule has 198 valence electrons. The molecular weight excluding hydrogens is 559 g/mol. The fraction of sp³-hybridized carbons (Fsp3) is 0.233. The van der Waals surface area contributed by atoms with Gasteiger partial charge in [0.15, 0.2) is 0 Å². The molecule has 1 aliphatic carbocycles. The van der Waals surface area contributed by atoms with Crippen molar-refractivity contribution in [3.63, 3.8) is 0 Å². The lowest BCUT2D eigenvalue weighted by atomic mass is 9.78. The number of aromatic nitrogens is 1. The van der Waals surface area contributed by atoms with E-state index in [1.165, 1.54) is 12.1 Å². The Morgan fingerprint density at radius 1 is 1.10 bits per heavy atom. The number of aromatic carboxylic acids is 1. The van der Waals surface area contributed by atoms with Gasteiger partial charge < -0.3 is 14.4 Å². The van der Waals surface area contributed by atoms with E-state index in [4.69, 9.17) is 44.1 Å². The van der Waals surface area contributed by atoms with Crippen LogP contribution in [-0.4, -0.2) is 16.2 Å². The van der Waals surface area contributed by atoms with Crippen LogP contribution < -0.4 is 4.74 Å². The summed E-state index contributed by atoms with van der Waals surface area (Å²) in [6.07, 6.45) is 2.33. The zero-order valence-corrected chi connectivity index (χ0v) is 23.1. The minimum absolute atomic E-state index is 0.126. The second kappa shape index (κ2) is 10.9. The minimum atomic E-state index is -1.05. The van der Waals surface area contributed by atoms with E-state index in [1.54, 1.807) is 49.4 Å². The van der Waals surface area contributed by atoms with Gasteiger partial charge in [0.05, 0.1) is 32.7 Å². The van der Waals surface area contributed by atoms with Gasteiger partial charge in [-0.15, -0.1) is 0 Å². The molecule has 1 heterocycles. The van der Waals surface area contributed by atoms with Gasteiger partial charge in [-0.05, 0) is 73.7 Å². The Bertz CT molecular complexity index is 1590. The van der Waals surface area contributed by atoms with E-state index in [9.17, 15) is 15.2 Å². The summed E-state index contributed by atoms with van der Waals surface area (Å²) in [5.41, 5.74) is 2.44. The van der Waals surface area contributed by atoms with Crippen LogP contribution in [0.1, 0.15) is 58.5 Å². The van der Waals surface area contributed by atoms with E-state index in [0.717, 1.165) is 29.7 Å². The average molecular weight is 582 g/mol. The minimum Gasteiger partial charge on any atom is -0.489 e. The van der Waals surface area contributed by atoms with Gasteiger partial charge in [-0.2, -0.15) is 5.26 Å². The van der Waals surface area contributed by atoms with E-state index in [0.29, 0.717) is 43.6 Å². The molecule has 0 spiro atoms. The molecule has 6 nitrogen and oxygen atoms in total. The zero-order valence-electron chi connectivity index (χ0n) is 20.9. The second-order valence-electron chi connectivity index (χ2n) is 9.79. The first-order valence-electron chi connectivity index (χ1n) is 12.3. The topological polar surface area (TPSA) is 96.4 Å². The molecule has 1 N–H and O–H groups in total. The van der Waals surface area contributed by atoms with Crippen LogP contribution in [0, 0.1) is 11.3 Å². The molecule has 1 atom stereocenters. The molecule has 0 aliphatic heterocycles. The molecule has 0 amide bonds. The van der Waals surface area contributed by atoms with Crippen molar-refractivity contribution in [1.82, 2.24) is 5.16 Å². The van der Waals surface area contributed by atoms with Crippen LogP contribution in [0.2, 0.25) is 15.1 Å². The maximum atomic E-state index is 11.4. The van der Waals surface area contributed by atoms with Gasteiger partial charge in [-0.1, -0.05) is 64.2 Å². The van der Waals surface area contributed by atoms with Crippen molar-refractivity contribution in [3.8, 4) is 23.1 Å². The summed E-state index contributed by atoms with van der Waals surface area (Å²) in [6, 6.07) is 19.3. The van der Waals surface area contributed by atoms with Gasteiger partial charge in [-0.25, -0.2) is 4.79 Å². The average Bonchev–Trinajstić information content (AvgIpc) is 3.69. The molecule has 0 saturated heterocycles. The maximum absolute atomic E-state index is 11.4. The molecular formula is C30H23Cl3N2O4. The van der Waals surface area contributed by atoms with Crippen molar-refractivity contribution in [2.45, 2.75) is 44.1 Å². The van der Waals surface area contributed by atoms with E-state index in [2.05, 4.69) is 11.2 Å². The van der Waals surface area contributed by atoms with Crippen LogP contribution >= 0.6 is 34.8 Å². The molecule has 1 unspecified atom stereocenters. The Hall–Kier alpha value is -3.50. The van der Waals surface area contributed by atoms with Crippen LogP contribution in [0.25, 0.3) is 11.3 Å². The first-order chi connectivity index (χ1) is 18.7. The Morgan fingerprint density at radius 3 is 2.46 bits per heavy atom. The molecule has 3 aromatic carbocycles. The van der Waals surface area contributed by atoms with Gasteiger partial charge in [0.1, 0.15) is 23.8 Å². The lowest BCUT2D eigenvalue weighted by Gasteiger charge is -2.23. The SMILES string of the molecule is CC(C#N)(Cc1ccc(OCc2c(-c3c(Cl)cccc3Cl)noc2C2CC2)cc1Cl)c1cccc(C(=O)O)c1. The molecule has 1 aliphatic rings. The van der Waals surface area contributed by atoms with Crippen molar-refractivity contribution >= 4 is 40.8 Å². The highest BCUT2D eigenvalue weighted by molar-refractivity contribution is 6.39. The number of nitriles is 1. The number of carbonyl (C=O) groups is 1. The van der Waals surface area contributed by atoms with E-state index in [-0.39, 0.29) is 18.6 Å². The summed E-state index contributed by atoms with van der Waals surface area (Å²) in [5, 5.41) is 25.0. The fourth-order valence-corrected chi connectivity index (χ4v) is 5.36. The molecule has 5 rings (SSSR count). The Labute approximate surface area is 240 Å². The number of carboxylic acid groups (broad SMARTS) is 1. The molecule has 9 heteroatoms. The summed E-state index contributed by atoms with van der Waals surface area (Å²) in [4.78, 5) is 11.4. The number of rotatable bonds is 9. The summed E-state index contributed by atoms with van der Waals surface area (Å²) in [5.74, 6) is 0.557. The summed E-state index contributed by atoms with van der Waals surface area (Å²) >= 11 is 19.5. The van der Waals surface area contributed by atoms with Gasteiger partial charge in [0.2, 0.25) is 0 Å². The van der Waals surface area contributed by atoms with Crippen LogP contribution in [0.4, 0.5) is 0 Å². The highest BCUT2D eigenvalue weighted by atomic mass is 35.5. The van der Waals surface area contributed by atoms with Crippen molar-refractivity contribution in [1.29, 1.82) is 5.26 Å². The number of hydrogen-bond acceptors (Lipinski definition) is 5. The standard InChI is InChI=1S/C30H23Cl3N2O4/c1-30(16-34,20-5-2-4-18(12-20)29(36)37)14-19-10-11-21(13-25(19)33)38-15-22-27(35-39-28(22)17-8-9-17)26-23(31)6-3-7-24(26)32/h2-7,10-13,17H,8-9,14-15H2,1H3,(H,36,37). The number of halogens is 3.